The Labute approximate surface area is 127 Å². The second-order valence-corrected chi connectivity index (χ2v) is 5.54. The Kier molecular flexibility index (Phi) is 2.29. The number of aromatic amines is 1. The van der Waals surface area contributed by atoms with Gasteiger partial charge in [0.05, 0.1) is 23.7 Å². The summed E-state index contributed by atoms with van der Waals surface area (Å²) in [6.45, 7) is 1.89. The number of aryl methyl sites for hydroxylation is 1. The molecule has 108 valence electrons. The molecule has 0 bridgehead atoms. The molecule has 22 heavy (non-hydrogen) atoms. The quantitative estimate of drug-likeness (QED) is 0.749. The van der Waals surface area contributed by atoms with E-state index in [1.54, 1.807) is 6.20 Å². The number of aliphatic imine (C=N–C) groups is 1. The summed E-state index contributed by atoms with van der Waals surface area (Å²) in [5.41, 5.74) is 3.99. The molecule has 0 spiro atoms. The molecule has 0 amide bonds. The van der Waals surface area contributed by atoms with Gasteiger partial charge in [0.25, 0.3) is 0 Å². The lowest BCUT2D eigenvalue weighted by Gasteiger charge is -2.30. The average molecular weight is 290 g/mol. The summed E-state index contributed by atoms with van der Waals surface area (Å²) in [6, 6.07) is 10.3. The van der Waals surface area contributed by atoms with Crippen molar-refractivity contribution in [1.29, 1.82) is 0 Å². The molecule has 6 nitrogen and oxygen atoms in total. The minimum absolute atomic E-state index is 0.865. The topological polar surface area (TPSA) is 62.1 Å². The van der Waals surface area contributed by atoms with Crippen LogP contribution in [0.4, 0.5) is 11.5 Å². The van der Waals surface area contributed by atoms with Gasteiger partial charge < -0.3 is 4.90 Å². The maximum atomic E-state index is 4.89. The van der Waals surface area contributed by atoms with Crippen LogP contribution in [0.25, 0.3) is 11.3 Å². The molecule has 0 fully saturated rings. The van der Waals surface area contributed by atoms with Crippen molar-refractivity contribution in [3.8, 4) is 11.3 Å². The lowest BCUT2D eigenvalue weighted by atomic mass is 10.1. The molecule has 1 N–H and O–H groups in total. The van der Waals surface area contributed by atoms with Gasteiger partial charge in [-0.3, -0.25) is 5.10 Å². The third-order valence-electron chi connectivity index (χ3n) is 4.22. The van der Waals surface area contributed by atoms with Gasteiger partial charge in [0, 0.05) is 18.7 Å². The van der Waals surface area contributed by atoms with Gasteiger partial charge in [0.1, 0.15) is 17.3 Å². The fourth-order valence-electron chi connectivity index (χ4n) is 3.24. The van der Waals surface area contributed by atoms with Crippen LogP contribution < -0.4 is 4.90 Å². The zero-order valence-corrected chi connectivity index (χ0v) is 11.9. The highest BCUT2D eigenvalue weighted by Gasteiger charge is 2.31. The van der Waals surface area contributed by atoms with Gasteiger partial charge in [-0.25, -0.2) is 9.67 Å². The Hall–Kier alpha value is -2.89. The fraction of sp³-hybridized carbons (Fsp3) is 0.188. The summed E-state index contributed by atoms with van der Waals surface area (Å²) in [5.74, 6) is 2.07. The van der Waals surface area contributed by atoms with Crippen LogP contribution in [0.1, 0.15) is 12.0 Å². The monoisotopic (exact) mass is 290 g/mol. The van der Waals surface area contributed by atoms with Gasteiger partial charge in [-0.1, -0.05) is 30.3 Å². The molecule has 2 aliphatic heterocycles. The first kappa shape index (κ1) is 11.7. The van der Waals surface area contributed by atoms with Gasteiger partial charge in [-0.05, 0) is 6.42 Å². The zero-order chi connectivity index (χ0) is 14.5. The number of hydrogen-bond acceptors (Lipinski definition) is 4. The van der Waals surface area contributed by atoms with E-state index < -0.39 is 0 Å². The Morgan fingerprint density at radius 2 is 1.95 bits per heavy atom. The molecule has 5 rings (SSSR count). The molecule has 1 aromatic carbocycles. The van der Waals surface area contributed by atoms with Crippen molar-refractivity contribution in [2.24, 2.45) is 4.99 Å². The highest BCUT2D eigenvalue weighted by molar-refractivity contribution is 6.14. The first-order valence-corrected chi connectivity index (χ1v) is 7.43. The lowest BCUT2D eigenvalue weighted by Crippen LogP contribution is -2.38. The highest BCUT2D eigenvalue weighted by Crippen LogP contribution is 2.40. The van der Waals surface area contributed by atoms with Crippen LogP contribution in [0.2, 0.25) is 0 Å². The molecule has 0 saturated carbocycles. The van der Waals surface area contributed by atoms with Crippen LogP contribution >= 0.6 is 0 Å². The normalized spacial score (nSPS) is 15.8. The average Bonchev–Trinajstić information content (AvgIpc) is 3.16. The van der Waals surface area contributed by atoms with Crippen LogP contribution in [0.5, 0.6) is 0 Å². The molecule has 0 aliphatic carbocycles. The second-order valence-electron chi connectivity index (χ2n) is 5.54. The summed E-state index contributed by atoms with van der Waals surface area (Å²) >= 11 is 0. The van der Waals surface area contributed by atoms with Crippen LogP contribution in [0.3, 0.4) is 0 Å². The molecule has 0 radical (unpaired) electrons. The van der Waals surface area contributed by atoms with Crippen LogP contribution in [-0.4, -0.2) is 32.4 Å². The first-order chi connectivity index (χ1) is 10.9. The lowest BCUT2D eigenvalue weighted by molar-refractivity contribution is 0.546. The van der Waals surface area contributed by atoms with Crippen LogP contribution in [0.15, 0.2) is 47.7 Å². The summed E-state index contributed by atoms with van der Waals surface area (Å²) in [7, 11) is 0. The maximum Gasteiger partial charge on any atom is 0.142 e. The van der Waals surface area contributed by atoms with E-state index in [2.05, 4.69) is 37.0 Å². The minimum Gasteiger partial charge on any atom is -0.310 e. The Bertz CT molecular complexity index is 873. The molecule has 6 heteroatoms. The largest absolute Gasteiger partial charge is 0.310 e. The molecule has 3 aromatic rings. The van der Waals surface area contributed by atoms with Gasteiger partial charge in [0.2, 0.25) is 0 Å². The van der Waals surface area contributed by atoms with E-state index in [-0.39, 0.29) is 0 Å². The zero-order valence-electron chi connectivity index (χ0n) is 11.9. The summed E-state index contributed by atoms with van der Waals surface area (Å²) in [6.07, 6.45) is 4.75. The third-order valence-corrected chi connectivity index (χ3v) is 4.22. The molecule has 0 unspecified atom stereocenters. The van der Waals surface area contributed by atoms with Crippen molar-refractivity contribution in [2.45, 2.75) is 13.0 Å². The van der Waals surface area contributed by atoms with E-state index >= 15 is 0 Å². The number of aromatic nitrogens is 4. The minimum atomic E-state index is 0.865. The van der Waals surface area contributed by atoms with Crippen molar-refractivity contribution in [3.63, 3.8) is 0 Å². The Morgan fingerprint density at radius 3 is 2.86 bits per heavy atom. The number of nitrogens with zero attached hydrogens (tertiary/aromatic N) is 5. The van der Waals surface area contributed by atoms with Crippen molar-refractivity contribution < 1.29 is 0 Å². The van der Waals surface area contributed by atoms with Crippen LogP contribution in [-0.2, 0) is 6.54 Å². The number of benzene rings is 1. The predicted octanol–water partition coefficient (Wildman–Crippen LogP) is 2.58. The fourth-order valence-corrected chi connectivity index (χ4v) is 3.24. The molecule has 0 saturated heterocycles. The number of anilines is 1. The highest BCUT2D eigenvalue weighted by atomic mass is 15.4. The van der Waals surface area contributed by atoms with Crippen LogP contribution in [0, 0.1) is 0 Å². The third kappa shape index (κ3) is 1.52. The maximum absolute atomic E-state index is 4.89. The summed E-state index contributed by atoms with van der Waals surface area (Å²) in [5, 5.41) is 11.8. The summed E-state index contributed by atoms with van der Waals surface area (Å²) in [4.78, 5) is 7.16. The molecule has 2 aromatic heterocycles. The molecular formula is C16H14N6. The predicted molar refractivity (Wildman–Crippen MR) is 84.4 cm³/mol. The molecule has 4 heterocycles. The van der Waals surface area contributed by atoms with E-state index in [0.29, 0.717) is 0 Å². The van der Waals surface area contributed by atoms with Gasteiger partial charge in [-0.15, -0.1) is 0 Å². The number of hydrogen-bond donors (Lipinski definition) is 1. The van der Waals surface area contributed by atoms with Gasteiger partial charge in [-0.2, -0.15) is 10.2 Å². The number of rotatable bonds is 1. The molecule has 0 atom stereocenters. The molecular weight excluding hydrogens is 276 g/mol. The number of amidine groups is 1. The van der Waals surface area contributed by atoms with Crippen molar-refractivity contribution in [1.82, 2.24) is 20.0 Å². The van der Waals surface area contributed by atoms with E-state index in [1.165, 1.54) is 0 Å². The number of fused-ring (bicyclic) bond motifs is 2. The van der Waals surface area contributed by atoms with Gasteiger partial charge >= 0.3 is 0 Å². The summed E-state index contributed by atoms with van der Waals surface area (Å²) < 4.78 is 2.06. The molecule has 2 aliphatic rings. The standard InChI is InChI=1S/C16H14N6/c1-2-5-11(6-3-1)15-19-13-10-17-20-14(13)12-9-18-22-8-4-7-21(15)16(12)22/h1-3,5-6,9-10H,4,7-8H2,(H,17,20). The Balaban J connectivity index is 1.82. The smallest absolute Gasteiger partial charge is 0.142 e. The van der Waals surface area contributed by atoms with E-state index in [9.17, 15) is 0 Å². The Morgan fingerprint density at radius 1 is 1.05 bits per heavy atom. The van der Waals surface area contributed by atoms with E-state index in [4.69, 9.17) is 4.99 Å². The van der Waals surface area contributed by atoms with Crippen molar-refractivity contribution in [3.05, 3.63) is 48.3 Å². The van der Waals surface area contributed by atoms with E-state index in [0.717, 1.165) is 53.7 Å². The number of nitrogens with one attached hydrogen (secondary N) is 1. The second kappa shape index (κ2) is 4.30. The van der Waals surface area contributed by atoms with Crippen molar-refractivity contribution >= 4 is 17.3 Å². The van der Waals surface area contributed by atoms with E-state index in [1.807, 2.05) is 24.4 Å². The first-order valence-electron chi connectivity index (χ1n) is 7.43. The van der Waals surface area contributed by atoms with Crippen molar-refractivity contribution in [2.75, 3.05) is 11.4 Å². The number of H-pyrrole nitrogens is 1. The SMILES string of the molecule is c1ccc(C2=Nc3cn[nH]c3-c3cnn4c3N2CCC4)cc1. The van der Waals surface area contributed by atoms with Gasteiger partial charge in [0.15, 0.2) is 0 Å².